The van der Waals surface area contributed by atoms with Gasteiger partial charge in [-0.3, -0.25) is 0 Å². The Morgan fingerprint density at radius 2 is 1.76 bits per heavy atom. The van der Waals surface area contributed by atoms with Crippen LogP contribution in [0.3, 0.4) is 0 Å². The van der Waals surface area contributed by atoms with E-state index >= 15 is 0 Å². The van der Waals surface area contributed by atoms with Gasteiger partial charge in [-0.2, -0.15) is 0 Å². The smallest absolute Gasteiger partial charge is 0.354 e. The van der Waals surface area contributed by atoms with E-state index in [-0.39, 0.29) is 18.2 Å². The van der Waals surface area contributed by atoms with Gasteiger partial charge in [-0.05, 0) is 17.7 Å². The van der Waals surface area contributed by atoms with Crippen LogP contribution in [0.2, 0.25) is 0 Å². The molecule has 1 heterocycles. The number of carbonyl (C=O) groups is 1. The molecule has 6 heteroatoms. The fraction of sp³-hybridized carbons (Fsp3) is 0.200. The van der Waals surface area contributed by atoms with Crippen molar-refractivity contribution in [3.05, 3.63) is 47.7 Å². The lowest BCUT2D eigenvalue weighted by molar-refractivity contribution is 0.0688. The van der Waals surface area contributed by atoms with Gasteiger partial charge in [0.1, 0.15) is 18.1 Å². The molecule has 0 atom stereocenters. The number of aromatic nitrogens is 1. The lowest BCUT2D eigenvalue weighted by Crippen LogP contribution is -2.04. The zero-order chi connectivity index (χ0) is 15.2. The maximum atomic E-state index is 11.0. The molecule has 0 bridgehead atoms. The number of hydrogen-bond acceptors (Lipinski definition) is 5. The molecule has 0 fully saturated rings. The van der Waals surface area contributed by atoms with E-state index in [0.717, 1.165) is 11.3 Å². The highest BCUT2D eigenvalue weighted by atomic mass is 16.5. The van der Waals surface area contributed by atoms with E-state index in [1.54, 1.807) is 7.11 Å². The van der Waals surface area contributed by atoms with Crippen molar-refractivity contribution in [2.24, 2.45) is 0 Å². The molecular weight excluding hydrogens is 274 g/mol. The van der Waals surface area contributed by atoms with Gasteiger partial charge in [0.2, 0.25) is 5.88 Å². The van der Waals surface area contributed by atoms with Crippen LogP contribution in [0.25, 0.3) is 0 Å². The second-order valence-electron chi connectivity index (χ2n) is 4.17. The van der Waals surface area contributed by atoms with Crippen LogP contribution in [0.15, 0.2) is 36.4 Å². The fourth-order valence-corrected chi connectivity index (χ4v) is 1.66. The molecule has 0 saturated carbocycles. The minimum absolute atomic E-state index is 0.126. The average Bonchev–Trinajstić information content (AvgIpc) is 2.53. The monoisotopic (exact) mass is 289 g/mol. The van der Waals surface area contributed by atoms with Crippen molar-refractivity contribution in [3.63, 3.8) is 0 Å². The standard InChI is InChI=1S/C15H15NO5/c1-19-11-5-3-10(4-6-11)9-21-14-8-12(20-2)7-13(16-14)15(17)18/h3-8H,9H2,1-2H3,(H,17,18). The second kappa shape index (κ2) is 6.60. The van der Waals surface area contributed by atoms with E-state index in [1.807, 2.05) is 24.3 Å². The van der Waals surface area contributed by atoms with Crippen molar-refractivity contribution in [2.75, 3.05) is 14.2 Å². The quantitative estimate of drug-likeness (QED) is 0.879. The van der Waals surface area contributed by atoms with Gasteiger partial charge in [0.25, 0.3) is 0 Å². The lowest BCUT2D eigenvalue weighted by atomic mass is 10.2. The molecule has 1 N–H and O–H groups in total. The highest BCUT2D eigenvalue weighted by molar-refractivity contribution is 5.86. The van der Waals surface area contributed by atoms with E-state index in [0.29, 0.717) is 5.75 Å². The zero-order valence-electron chi connectivity index (χ0n) is 11.7. The maximum Gasteiger partial charge on any atom is 0.354 e. The molecule has 0 aliphatic rings. The zero-order valence-corrected chi connectivity index (χ0v) is 11.7. The third-order valence-electron chi connectivity index (χ3n) is 2.78. The molecule has 6 nitrogen and oxygen atoms in total. The summed E-state index contributed by atoms with van der Waals surface area (Å²) >= 11 is 0. The first kappa shape index (κ1) is 14.6. The number of ether oxygens (including phenoxy) is 3. The molecule has 21 heavy (non-hydrogen) atoms. The number of hydrogen-bond donors (Lipinski definition) is 1. The van der Waals surface area contributed by atoms with Gasteiger partial charge in [-0.25, -0.2) is 9.78 Å². The van der Waals surface area contributed by atoms with E-state index < -0.39 is 5.97 Å². The molecule has 1 aromatic carbocycles. The Balaban J connectivity index is 2.11. The number of benzene rings is 1. The summed E-state index contributed by atoms with van der Waals surface area (Å²) in [6.45, 7) is 0.267. The number of methoxy groups -OCH3 is 2. The normalized spacial score (nSPS) is 10.0. The van der Waals surface area contributed by atoms with E-state index in [9.17, 15) is 4.79 Å². The Hall–Kier alpha value is -2.76. The Labute approximate surface area is 121 Å². The van der Waals surface area contributed by atoms with Gasteiger partial charge in [0.05, 0.1) is 14.2 Å². The summed E-state index contributed by atoms with van der Waals surface area (Å²) in [4.78, 5) is 14.9. The molecule has 0 unspecified atom stereocenters. The number of rotatable bonds is 6. The molecule has 0 spiro atoms. The van der Waals surface area contributed by atoms with E-state index in [1.165, 1.54) is 19.2 Å². The number of carboxylic acids is 1. The lowest BCUT2D eigenvalue weighted by Gasteiger charge is -2.08. The number of pyridine rings is 1. The van der Waals surface area contributed by atoms with Crippen molar-refractivity contribution in [1.82, 2.24) is 4.98 Å². The van der Waals surface area contributed by atoms with Gasteiger partial charge in [-0.15, -0.1) is 0 Å². The Kier molecular flexibility index (Phi) is 4.61. The Morgan fingerprint density at radius 3 is 2.33 bits per heavy atom. The summed E-state index contributed by atoms with van der Waals surface area (Å²) in [6, 6.07) is 10.2. The first-order valence-corrected chi connectivity index (χ1v) is 6.17. The van der Waals surface area contributed by atoms with Gasteiger partial charge in [-0.1, -0.05) is 12.1 Å². The molecule has 1 aromatic heterocycles. The van der Waals surface area contributed by atoms with Gasteiger partial charge >= 0.3 is 5.97 Å². The molecule has 0 saturated heterocycles. The predicted octanol–water partition coefficient (Wildman–Crippen LogP) is 2.38. The van der Waals surface area contributed by atoms with Crippen LogP contribution in [0, 0.1) is 0 Å². The first-order valence-electron chi connectivity index (χ1n) is 6.17. The Bertz CT molecular complexity index is 624. The van der Waals surface area contributed by atoms with Crippen LogP contribution in [-0.2, 0) is 6.61 Å². The molecule has 110 valence electrons. The molecule has 0 aliphatic carbocycles. The fourth-order valence-electron chi connectivity index (χ4n) is 1.66. The summed E-state index contributed by atoms with van der Waals surface area (Å²) in [5, 5.41) is 8.98. The highest BCUT2D eigenvalue weighted by Gasteiger charge is 2.10. The van der Waals surface area contributed by atoms with Crippen LogP contribution < -0.4 is 14.2 Å². The summed E-state index contributed by atoms with van der Waals surface area (Å²) in [5.74, 6) is 0.198. The van der Waals surface area contributed by atoms with Crippen LogP contribution in [0.5, 0.6) is 17.4 Å². The SMILES string of the molecule is COc1ccc(COc2cc(OC)cc(C(=O)O)n2)cc1. The summed E-state index contributed by atoms with van der Waals surface area (Å²) < 4.78 is 15.6. The third kappa shape index (κ3) is 3.85. The molecule has 0 aliphatic heterocycles. The molecule has 0 amide bonds. The van der Waals surface area contributed by atoms with Crippen molar-refractivity contribution in [2.45, 2.75) is 6.61 Å². The van der Waals surface area contributed by atoms with Gasteiger partial charge < -0.3 is 19.3 Å². The first-order chi connectivity index (χ1) is 10.1. The van der Waals surface area contributed by atoms with Crippen molar-refractivity contribution in [3.8, 4) is 17.4 Å². The van der Waals surface area contributed by atoms with Crippen molar-refractivity contribution < 1.29 is 24.1 Å². The third-order valence-corrected chi connectivity index (χ3v) is 2.78. The molecule has 2 aromatic rings. The number of carboxylic acid groups (broad SMARTS) is 1. The topological polar surface area (TPSA) is 77.9 Å². The van der Waals surface area contributed by atoms with Crippen LogP contribution in [-0.4, -0.2) is 30.3 Å². The van der Waals surface area contributed by atoms with Crippen LogP contribution >= 0.6 is 0 Å². The summed E-state index contributed by atoms with van der Waals surface area (Å²) in [7, 11) is 3.05. The van der Waals surface area contributed by atoms with Gasteiger partial charge in [0, 0.05) is 12.1 Å². The van der Waals surface area contributed by atoms with Crippen molar-refractivity contribution >= 4 is 5.97 Å². The minimum atomic E-state index is -1.14. The molecule has 0 radical (unpaired) electrons. The molecular formula is C15H15NO5. The van der Waals surface area contributed by atoms with Crippen LogP contribution in [0.4, 0.5) is 0 Å². The highest BCUT2D eigenvalue weighted by Crippen LogP contribution is 2.20. The van der Waals surface area contributed by atoms with E-state index in [4.69, 9.17) is 19.3 Å². The Morgan fingerprint density at radius 1 is 1.10 bits per heavy atom. The van der Waals surface area contributed by atoms with Crippen LogP contribution in [0.1, 0.15) is 16.1 Å². The predicted molar refractivity (Wildman–Crippen MR) is 75.1 cm³/mol. The van der Waals surface area contributed by atoms with Gasteiger partial charge in [0.15, 0.2) is 5.69 Å². The summed E-state index contributed by atoms with van der Waals surface area (Å²) in [6.07, 6.45) is 0. The largest absolute Gasteiger partial charge is 0.497 e. The second-order valence-corrected chi connectivity index (χ2v) is 4.17. The average molecular weight is 289 g/mol. The summed E-state index contributed by atoms with van der Waals surface area (Å²) in [5.41, 5.74) is 0.788. The van der Waals surface area contributed by atoms with E-state index in [2.05, 4.69) is 4.98 Å². The van der Waals surface area contributed by atoms with Crippen molar-refractivity contribution in [1.29, 1.82) is 0 Å². The number of nitrogens with zero attached hydrogens (tertiary/aromatic N) is 1. The maximum absolute atomic E-state index is 11.0. The minimum Gasteiger partial charge on any atom is -0.497 e. The molecule has 2 rings (SSSR count). The number of aromatic carboxylic acids is 1.